The molecule has 0 saturated heterocycles. The monoisotopic (exact) mass is 271 g/mol. The predicted octanol–water partition coefficient (Wildman–Crippen LogP) is 3.95. The van der Waals surface area contributed by atoms with Crippen LogP contribution < -0.4 is 5.73 Å². The van der Waals surface area contributed by atoms with Crippen molar-refractivity contribution in [3.05, 3.63) is 29.6 Å². The summed E-state index contributed by atoms with van der Waals surface area (Å²) in [6, 6.07) is 7.20. The van der Waals surface area contributed by atoms with Gasteiger partial charge >= 0.3 is 0 Å². The molecule has 20 heavy (non-hydrogen) atoms. The Morgan fingerprint density at radius 1 is 1.25 bits per heavy atom. The lowest BCUT2D eigenvalue weighted by Gasteiger charge is -2.07. The highest BCUT2D eigenvalue weighted by Gasteiger charge is 2.27. The first kappa shape index (κ1) is 13.6. The van der Waals surface area contributed by atoms with Crippen molar-refractivity contribution in [2.75, 3.05) is 0 Å². The molecule has 0 amide bonds. The Hall–Kier alpha value is -1.35. The number of fused-ring (bicyclic) bond motifs is 1. The smallest absolute Gasteiger partial charge is 0.110 e. The number of rotatable bonds is 7. The molecule has 3 heteroatoms. The van der Waals surface area contributed by atoms with E-state index in [2.05, 4.69) is 29.7 Å². The molecule has 0 spiro atoms. The Bertz CT molecular complexity index is 581. The van der Waals surface area contributed by atoms with E-state index in [1.165, 1.54) is 55.4 Å². The van der Waals surface area contributed by atoms with Crippen LogP contribution in [0.15, 0.2) is 18.2 Å². The second kappa shape index (κ2) is 5.96. The summed E-state index contributed by atoms with van der Waals surface area (Å²) in [5.41, 5.74) is 9.34. The fourth-order valence-corrected chi connectivity index (χ4v) is 2.95. The molecular formula is C17H25N3. The van der Waals surface area contributed by atoms with Crippen LogP contribution in [-0.2, 0) is 13.0 Å². The van der Waals surface area contributed by atoms with Gasteiger partial charge in [0.15, 0.2) is 0 Å². The molecule has 1 aromatic heterocycles. The molecular weight excluding hydrogens is 246 g/mol. The van der Waals surface area contributed by atoms with Crippen LogP contribution in [0, 0.1) is 0 Å². The van der Waals surface area contributed by atoms with Crippen molar-refractivity contribution in [2.24, 2.45) is 5.73 Å². The molecule has 1 aliphatic rings. The minimum absolute atomic E-state index is 0.595. The molecule has 1 aliphatic carbocycles. The molecule has 1 heterocycles. The van der Waals surface area contributed by atoms with E-state index in [4.69, 9.17) is 10.7 Å². The number of aromatic nitrogens is 2. The van der Waals surface area contributed by atoms with Crippen molar-refractivity contribution in [3.8, 4) is 0 Å². The Morgan fingerprint density at radius 3 is 2.80 bits per heavy atom. The SMILES string of the molecule is CCCCCCc1nc2cc(CN)ccc2n1C1CC1. The predicted molar refractivity (Wildman–Crippen MR) is 83.7 cm³/mol. The second-order valence-electron chi connectivity index (χ2n) is 5.97. The average molecular weight is 271 g/mol. The molecule has 0 unspecified atom stereocenters. The van der Waals surface area contributed by atoms with Gasteiger partial charge in [-0.3, -0.25) is 0 Å². The maximum Gasteiger partial charge on any atom is 0.110 e. The maximum absolute atomic E-state index is 5.74. The first-order chi connectivity index (χ1) is 9.83. The van der Waals surface area contributed by atoms with E-state index in [1.807, 2.05) is 0 Å². The largest absolute Gasteiger partial charge is 0.326 e. The Balaban J connectivity index is 1.87. The number of hydrogen-bond acceptors (Lipinski definition) is 2. The van der Waals surface area contributed by atoms with Gasteiger partial charge in [-0.05, 0) is 37.0 Å². The van der Waals surface area contributed by atoms with Gasteiger partial charge in [0.05, 0.1) is 11.0 Å². The summed E-state index contributed by atoms with van der Waals surface area (Å²) in [6.45, 7) is 2.85. The lowest BCUT2D eigenvalue weighted by Crippen LogP contribution is -2.02. The van der Waals surface area contributed by atoms with Crippen LogP contribution in [0.5, 0.6) is 0 Å². The summed E-state index contributed by atoms with van der Waals surface area (Å²) in [6.07, 6.45) is 8.94. The number of hydrogen-bond donors (Lipinski definition) is 1. The number of unbranched alkanes of at least 4 members (excludes halogenated alkanes) is 3. The Kier molecular flexibility index (Phi) is 4.06. The van der Waals surface area contributed by atoms with E-state index in [1.54, 1.807) is 0 Å². The standard InChI is InChI=1S/C17H25N3/c1-2-3-4-5-6-17-19-15-11-13(12-18)7-10-16(15)20(17)14-8-9-14/h7,10-11,14H,2-6,8-9,12,18H2,1H3. The summed E-state index contributed by atoms with van der Waals surface area (Å²) in [7, 11) is 0. The summed E-state index contributed by atoms with van der Waals surface area (Å²) < 4.78 is 2.49. The molecule has 0 radical (unpaired) electrons. The zero-order valence-electron chi connectivity index (χ0n) is 12.4. The molecule has 2 aromatic rings. The van der Waals surface area contributed by atoms with Gasteiger partial charge in [0, 0.05) is 19.0 Å². The van der Waals surface area contributed by atoms with Gasteiger partial charge in [0.2, 0.25) is 0 Å². The van der Waals surface area contributed by atoms with Crippen molar-refractivity contribution < 1.29 is 0 Å². The molecule has 1 saturated carbocycles. The highest BCUT2D eigenvalue weighted by molar-refractivity contribution is 5.77. The lowest BCUT2D eigenvalue weighted by atomic mass is 10.1. The third-order valence-electron chi connectivity index (χ3n) is 4.23. The number of aryl methyl sites for hydroxylation is 1. The van der Waals surface area contributed by atoms with Gasteiger partial charge < -0.3 is 10.3 Å². The molecule has 3 nitrogen and oxygen atoms in total. The highest BCUT2D eigenvalue weighted by Crippen LogP contribution is 2.39. The lowest BCUT2D eigenvalue weighted by molar-refractivity contribution is 0.622. The normalized spacial score (nSPS) is 15.1. The van der Waals surface area contributed by atoms with Crippen molar-refractivity contribution in [2.45, 2.75) is 64.5 Å². The van der Waals surface area contributed by atoms with E-state index < -0.39 is 0 Å². The number of benzene rings is 1. The first-order valence-electron chi connectivity index (χ1n) is 8.03. The number of nitrogens with zero attached hydrogens (tertiary/aromatic N) is 2. The topological polar surface area (TPSA) is 43.8 Å². The molecule has 1 fully saturated rings. The molecule has 2 N–H and O–H groups in total. The van der Waals surface area contributed by atoms with E-state index in [-0.39, 0.29) is 0 Å². The molecule has 0 bridgehead atoms. The quantitative estimate of drug-likeness (QED) is 0.775. The Labute approximate surface area is 121 Å². The minimum Gasteiger partial charge on any atom is -0.326 e. The number of imidazole rings is 1. The second-order valence-corrected chi connectivity index (χ2v) is 5.97. The van der Waals surface area contributed by atoms with Gasteiger partial charge in [0.25, 0.3) is 0 Å². The van der Waals surface area contributed by atoms with Crippen LogP contribution in [-0.4, -0.2) is 9.55 Å². The van der Waals surface area contributed by atoms with E-state index in [0.717, 1.165) is 11.9 Å². The van der Waals surface area contributed by atoms with Crippen LogP contribution in [0.1, 0.15) is 62.9 Å². The highest BCUT2D eigenvalue weighted by atomic mass is 15.1. The van der Waals surface area contributed by atoms with Crippen LogP contribution in [0.2, 0.25) is 0 Å². The average Bonchev–Trinajstić information content (AvgIpc) is 3.24. The third-order valence-corrected chi connectivity index (χ3v) is 4.23. The summed E-state index contributed by atoms with van der Waals surface area (Å²) in [5, 5.41) is 0. The van der Waals surface area contributed by atoms with Crippen molar-refractivity contribution in [1.29, 1.82) is 0 Å². The van der Waals surface area contributed by atoms with E-state index in [9.17, 15) is 0 Å². The van der Waals surface area contributed by atoms with Gasteiger partial charge in [0.1, 0.15) is 5.82 Å². The van der Waals surface area contributed by atoms with Gasteiger partial charge in [-0.2, -0.15) is 0 Å². The van der Waals surface area contributed by atoms with Crippen LogP contribution in [0.3, 0.4) is 0 Å². The summed E-state index contributed by atoms with van der Waals surface area (Å²) in [5.74, 6) is 1.28. The fourth-order valence-electron chi connectivity index (χ4n) is 2.95. The summed E-state index contributed by atoms with van der Waals surface area (Å²) >= 11 is 0. The van der Waals surface area contributed by atoms with Gasteiger partial charge in [-0.15, -0.1) is 0 Å². The minimum atomic E-state index is 0.595. The Morgan fingerprint density at radius 2 is 2.10 bits per heavy atom. The van der Waals surface area contributed by atoms with E-state index in [0.29, 0.717) is 12.6 Å². The zero-order valence-corrected chi connectivity index (χ0v) is 12.4. The first-order valence-corrected chi connectivity index (χ1v) is 8.03. The molecule has 108 valence electrons. The number of nitrogens with two attached hydrogens (primary N) is 1. The summed E-state index contributed by atoms with van der Waals surface area (Å²) in [4.78, 5) is 4.89. The molecule has 0 atom stereocenters. The van der Waals surface area contributed by atoms with Crippen LogP contribution >= 0.6 is 0 Å². The maximum atomic E-state index is 5.74. The van der Waals surface area contributed by atoms with Crippen molar-refractivity contribution >= 4 is 11.0 Å². The van der Waals surface area contributed by atoms with Crippen molar-refractivity contribution in [1.82, 2.24) is 9.55 Å². The molecule has 0 aliphatic heterocycles. The fraction of sp³-hybridized carbons (Fsp3) is 0.588. The van der Waals surface area contributed by atoms with Gasteiger partial charge in [-0.25, -0.2) is 4.98 Å². The van der Waals surface area contributed by atoms with E-state index >= 15 is 0 Å². The van der Waals surface area contributed by atoms with Gasteiger partial charge in [-0.1, -0.05) is 32.3 Å². The molecule has 1 aromatic carbocycles. The molecule has 3 rings (SSSR count). The van der Waals surface area contributed by atoms with Crippen LogP contribution in [0.4, 0.5) is 0 Å². The van der Waals surface area contributed by atoms with Crippen LogP contribution in [0.25, 0.3) is 11.0 Å². The zero-order chi connectivity index (χ0) is 13.9. The third kappa shape index (κ3) is 2.73. The van der Waals surface area contributed by atoms with Crippen molar-refractivity contribution in [3.63, 3.8) is 0 Å².